The predicted molar refractivity (Wildman–Crippen MR) is 225 cm³/mol. The van der Waals surface area contributed by atoms with E-state index in [1.54, 1.807) is 6.08 Å². The van der Waals surface area contributed by atoms with Crippen LogP contribution in [0.3, 0.4) is 0 Å². The molecular formula is C44H77O11P. The lowest BCUT2D eigenvalue weighted by Crippen LogP contribution is -2.29. The number of ether oxygens (including phenoxy) is 2. The number of aliphatic hydroxyl groups is 3. The largest absolute Gasteiger partial charge is 0.472 e. The Bertz CT molecular complexity index is 1130. The molecule has 12 heteroatoms. The van der Waals surface area contributed by atoms with Crippen molar-refractivity contribution in [3.63, 3.8) is 0 Å². The van der Waals surface area contributed by atoms with Gasteiger partial charge >= 0.3 is 19.8 Å². The smallest absolute Gasteiger partial charge is 0.462 e. The molecule has 1 unspecified atom stereocenters. The first kappa shape index (κ1) is 53.6. The summed E-state index contributed by atoms with van der Waals surface area (Å²) in [4.78, 5) is 34.9. The van der Waals surface area contributed by atoms with E-state index in [2.05, 4.69) is 36.6 Å². The highest BCUT2D eigenvalue weighted by Crippen LogP contribution is 2.43. The normalized spacial score (nSPS) is 15.0. The molecule has 0 saturated carbocycles. The monoisotopic (exact) mass is 813 g/mol. The van der Waals surface area contributed by atoms with E-state index in [0.717, 1.165) is 44.9 Å². The summed E-state index contributed by atoms with van der Waals surface area (Å²) in [6.45, 7) is 2.17. The molecule has 0 fully saturated rings. The number of hydrogen-bond acceptors (Lipinski definition) is 10. The molecular weight excluding hydrogens is 735 g/mol. The Kier molecular flexibility index (Phi) is 37.8. The fourth-order valence-corrected chi connectivity index (χ4v) is 6.14. The maximum atomic E-state index is 12.6. The Morgan fingerprint density at radius 2 is 1.14 bits per heavy atom. The van der Waals surface area contributed by atoms with E-state index in [0.29, 0.717) is 32.1 Å². The van der Waals surface area contributed by atoms with Crippen molar-refractivity contribution in [2.24, 2.45) is 0 Å². The Labute approximate surface area is 338 Å². The SMILES string of the molecule is CCCCC/C=C\C=C/[C@H](O)C/C=C\C/C=C/CCCC(=O)O[C@H](COC(=O)CCCCCCC/C=C\CCCCCCCC)COP(=O)(O)OC[C@@H](O)CO. The van der Waals surface area contributed by atoms with Gasteiger partial charge in [-0.3, -0.25) is 18.6 Å². The number of carbonyl (C=O) groups excluding carboxylic acids is 2. The molecule has 0 saturated heterocycles. The van der Waals surface area contributed by atoms with Gasteiger partial charge in [-0.15, -0.1) is 0 Å². The average molecular weight is 813 g/mol. The van der Waals surface area contributed by atoms with Gasteiger partial charge in [0.15, 0.2) is 6.10 Å². The van der Waals surface area contributed by atoms with Crippen LogP contribution in [0.15, 0.2) is 60.8 Å². The summed E-state index contributed by atoms with van der Waals surface area (Å²) < 4.78 is 32.6. The van der Waals surface area contributed by atoms with Crippen molar-refractivity contribution < 1.29 is 52.9 Å². The van der Waals surface area contributed by atoms with Crippen LogP contribution >= 0.6 is 7.82 Å². The van der Waals surface area contributed by atoms with Crippen LogP contribution in [0.25, 0.3) is 0 Å². The first-order valence-corrected chi connectivity index (χ1v) is 22.8. The molecule has 0 aromatic rings. The molecule has 0 aliphatic heterocycles. The van der Waals surface area contributed by atoms with E-state index >= 15 is 0 Å². The zero-order chi connectivity index (χ0) is 41.4. The van der Waals surface area contributed by atoms with E-state index in [4.69, 9.17) is 19.1 Å². The van der Waals surface area contributed by atoms with Gasteiger partial charge in [0, 0.05) is 12.8 Å². The van der Waals surface area contributed by atoms with Crippen molar-refractivity contribution in [2.75, 3.05) is 26.4 Å². The average Bonchev–Trinajstić information content (AvgIpc) is 3.18. The summed E-state index contributed by atoms with van der Waals surface area (Å²) in [5.41, 5.74) is 0. The Morgan fingerprint density at radius 3 is 1.84 bits per heavy atom. The predicted octanol–water partition coefficient (Wildman–Crippen LogP) is 10.1. The summed E-state index contributed by atoms with van der Waals surface area (Å²) in [7, 11) is -4.65. The fraction of sp³-hybridized carbons (Fsp3) is 0.727. The minimum absolute atomic E-state index is 0.0705. The molecule has 324 valence electrons. The zero-order valence-electron chi connectivity index (χ0n) is 34.7. The van der Waals surface area contributed by atoms with E-state index < -0.39 is 57.9 Å². The number of allylic oxidation sites excluding steroid dienone is 8. The van der Waals surface area contributed by atoms with Crippen molar-refractivity contribution in [1.82, 2.24) is 0 Å². The molecule has 0 spiro atoms. The highest BCUT2D eigenvalue weighted by Gasteiger charge is 2.27. The summed E-state index contributed by atoms with van der Waals surface area (Å²) in [5, 5.41) is 28.4. The van der Waals surface area contributed by atoms with Crippen LogP contribution in [0.5, 0.6) is 0 Å². The molecule has 56 heavy (non-hydrogen) atoms. The van der Waals surface area contributed by atoms with Gasteiger partial charge in [0.25, 0.3) is 0 Å². The minimum atomic E-state index is -4.65. The Morgan fingerprint density at radius 1 is 0.607 bits per heavy atom. The molecule has 11 nitrogen and oxygen atoms in total. The third-order valence-corrected chi connectivity index (χ3v) is 9.68. The molecule has 4 atom stereocenters. The first-order valence-electron chi connectivity index (χ1n) is 21.4. The van der Waals surface area contributed by atoms with E-state index in [9.17, 15) is 29.3 Å². The van der Waals surface area contributed by atoms with Crippen LogP contribution in [0.1, 0.15) is 162 Å². The number of phosphoric acid groups is 1. The van der Waals surface area contributed by atoms with Gasteiger partial charge in [-0.1, -0.05) is 139 Å². The number of aliphatic hydroxyl groups excluding tert-OH is 3. The molecule has 0 radical (unpaired) electrons. The van der Waals surface area contributed by atoms with Crippen molar-refractivity contribution >= 4 is 19.8 Å². The number of esters is 2. The topological polar surface area (TPSA) is 169 Å². The van der Waals surface area contributed by atoms with E-state index in [1.165, 1.54) is 57.8 Å². The lowest BCUT2D eigenvalue weighted by Gasteiger charge is -2.20. The first-order chi connectivity index (χ1) is 27.1. The highest BCUT2D eigenvalue weighted by molar-refractivity contribution is 7.47. The number of phosphoric ester groups is 1. The zero-order valence-corrected chi connectivity index (χ0v) is 35.6. The van der Waals surface area contributed by atoms with Gasteiger partial charge in [-0.2, -0.15) is 0 Å². The van der Waals surface area contributed by atoms with Gasteiger partial charge in [0.1, 0.15) is 12.7 Å². The maximum absolute atomic E-state index is 12.6. The van der Waals surface area contributed by atoms with Gasteiger partial charge in [-0.05, 0) is 70.6 Å². The maximum Gasteiger partial charge on any atom is 0.472 e. The quantitative estimate of drug-likeness (QED) is 0.0153. The lowest BCUT2D eigenvalue weighted by molar-refractivity contribution is -0.161. The Hall–Kier alpha value is -2.37. The van der Waals surface area contributed by atoms with Crippen LogP contribution in [0.4, 0.5) is 0 Å². The summed E-state index contributed by atoms with van der Waals surface area (Å²) in [6.07, 6.45) is 39.3. The summed E-state index contributed by atoms with van der Waals surface area (Å²) >= 11 is 0. The molecule has 0 bridgehead atoms. The second-order valence-electron chi connectivity index (χ2n) is 14.2. The van der Waals surface area contributed by atoms with Crippen molar-refractivity contribution in [3.05, 3.63) is 60.8 Å². The van der Waals surface area contributed by atoms with Crippen LogP contribution in [-0.2, 0) is 32.7 Å². The van der Waals surface area contributed by atoms with E-state index in [1.807, 2.05) is 36.5 Å². The van der Waals surface area contributed by atoms with Crippen molar-refractivity contribution in [3.8, 4) is 0 Å². The third-order valence-electron chi connectivity index (χ3n) is 8.72. The van der Waals surface area contributed by atoms with Crippen LogP contribution in [0.2, 0.25) is 0 Å². The molecule has 0 rings (SSSR count). The highest BCUT2D eigenvalue weighted by atomic mass is 31.2. The van der Waals surface area contributed by atoms with Gasteiger partial charge in [0.05, 0.1) is 25.9 Å². The number of rotatable bonds is 39. The van der Waals surface area contributed by atoms with Crippen LogP contribution in [-0.4, -0.2) is 76.9 Å². The van der Waals surface area contributed by atoms with Crippen LogP contribution < -0.4 is 0 Å². The molecule has 0 aliphatic carbocycles. The van der Waals surface area contributed by atoms with Crippen LogP contribution in [0, 0.1) is 0 Å². The Balaban J connectivity index is 4.49. The number of carbonyl (C=O) groups is 2. The summed E-state index contributed by atoms with van der Waals surface area (Å²) in [5.74, 6) is -1.05. The standard InChI is InChI=1S/C44H77O11P/c1-3-5-7-9-11-12-13-14-15-16-17-18-22-26-30-34-43(48)52-38-42(39-54-56(50,51)53-37-41(47)36-45)55-44(49)35-31-27-23-19-21-25-29-33-40(46)32-28-24-20-10-8-6-4-2/h14-15,19-20,23-25,28-29,32,40-42,45-47H,3-13,16-18,21-22,26-27,30-31,33-39H2,1-2H3,(H,50,51)/b15-14-,23-19+,24-20-,29-25-,32-28-/t40-,41-,42+/m0/s1. The van der Waals surface area contributed by atoms with Gasteiger partial charge in [-0.25, -0.2) is 4.57 Å². The van der Waals surface area contributed by atoms with E-state index in [-0.39, 0.29) is 19.4 Å². The molecule has 0 amide bonds. The molecule has 0 aromatic heterocycles. The van der Waals surface area contributed by atoms with Gasteiger partial charge < -0.3 is 29.7 Å². The number of unbranched alkanes of at least 4 members (excludes halogenated alkanes) is 15. The summed E-state index contributed by atoms with van der Waals surface area (Å²) in [6, 6.07) is 0. The van der Waals surface area contributed by atoms with Gasteiger partial charge in [0.2, 0.25) is 0 Å². The molecule has 4 N–H and O–H groups in total. The lowest BCUT2D eigenvalue weighted by atomic mass is 10.1. The second kappa shape index (κ2) is 39.5. The molecule has 0 aliphatic rings. The second-order valence-corrected chi connectivity index (χ2v) is 15.7. The number of hydrogen-bond donors (Lipinski definition) is 4. The molecule has 0 heterocycles. The van der Waals surface area contributed by atoms with Crippen molar-refractivity contribution in [1.29, 1.82) is 0 Å². The fourth-order valence-electron chi connectivity index (χ4n) is 5.35. The third kappa shape index (κ3) is 38.5. The molecule has 0 aromatic carbocycles. The minimum Gasteiger partial charge on any atom is -0.462 e. The van der Waals surface area contributed by atoms with Crippen molar-refractivity contribution in [2.45, 2.75) is 180 Å².